The number of rotatable bonds is 5. The number of fused-ring (bicyclic) bond motifs is 1. The molecule has 3 amide bonds. The van der Waals surface area contributed by atoms with Crippen molar-refractivity contribution >= 4 is 35.1 Å². The maximum atomic E-state index is 12.9. The number of para-hydroxylation sites is 1. The Bertz CT molecular complexity index is 1140. The van der Waals surface area contributed by atoms with Crippen LogP contribution in [-0.4, -0.2) is 30.2 Å². The molecule has 1 aliphatic carbocycles. The molecule has 3 aliphatic rings. The summed E-state index contributed by atoms with van der Waals surface area (Å²) in [5.41, 5.74) is 2.31. The number of anilines is 2. The number of carbonyl (C=O) groups excluding carboxylic acids is 4. The smallest absolute Gasteiger partial charge is 0.316 e. The molecule has 0 aromatic heterocycles. The van der Waals surface area contributed by atoms with Gasteiger partial charge in [0.15, 0.2) is 0 Å². The zero-order valence-electron chi connectivity index (χ0n) is 19.2. The molecule has 3 fully saturated rings. The molecule has 3 atom stereocenters. The van der Waals surface area contributed by atoms with Crippen LogP contribution in [0, 0.1) is 17.8 Å². The third kappa shape index (κ3) is 3.89. The van der Waals surface area contributed by atoms with E-state index in [1.165, 1.54) is 4.90 Å². The lowest BCUT2D eigenvalue weighted by Crippen LogP contribution is -2.31. The molecule has 0 unspecified atom stereocenters. The first-order valence-electron chi connectivity index (χ1n) is 12.1. The Morgan fingerprint density at radius 1 is 0.971 bits per heavy atom. The van der Waals surface area contributed by atoms with Crippen molar-refractivity contribution in [3.8, 4) is 5.75 Å². The highest BCUT2D eigenvalue weighted by molar-refractivity contribution is 6.22. The molecule has 2 saturated heterocycles. The van der Waals surface area contributed by atoms with Crippen LogP contribution in [0.1, 0.15) is 44.6 Å². The number of imide groups is 1. The fourth-order valence-electron chi connectivity index (χ4n) is 5.47. The van der Waals surface area contributed by atoms with E-state index >= 15 is 0 Å². The Kier molecular flexibility index (Phi) is 5.94. The highest BCUT2D eigenvalue weighted by atomic mass is 16.5. The van der Waals surface area contributed by atoms with E-state index in [4.69, 9.17) is 4.74 Å². The minimum absolute atomic E-state index is 0.0863. The highest BCUT2D eigenvalue weighted by Crippen LogP contribution is 2.40. The number of nitrogens with zero attached hydrogens (tertiary/aromatic N) is 2. The summed E-state index contributed by atoms with van der Waals surface area (Å²) in [5.74, 6) is -1.73. The maximum absolute atomic E-state index is 12.9. The van der Waals surface area contributed by atoms with Crippen molar-refractivity contribution in [2.24, 2.45) is 17.8 Å². The molecular weight excluding hydrogens is 432 g/mol. The summed E-state index contributed by atoms with van der Waals surface area (Å²) < 4.78 is 5.61. The third-order valence-electron chi connectivity index (χ3n) is 7.26. The van der Waals surface area contributed by atoms with Gasteiger partial charge in [0.2, 0.25) is 17.7 Å². The average molecular weight is 461 g/mol. The molecule has 2 aromatic carbocycles. The van der Waals surface area contributed by atoms with Crippen molar-refractivity contribution in [3.63, 3.8) is 0 Å². The van der Waals surface area contributed by atoms with Crippen molar-refractivity contribution in [1.29, 1.82) is 0 Å². The van der Waals surface area contributed by atoms with E-state index < -0.39 is 11.9 Å². The second-order valence-corrected chi connectivity index (χ2v) is 9.32. The van der Waals surface area contributed by atoms with Crippen LogP contribution >= 0.6 is 0 Å². The van der Waals surface area contributed by atoms with E-state index in [0.29, 0.717) is 5.69 Å². The molecule has 2 aliphatic heterocycles. The first-order chi connectivity index (χ1) is 16.5. The summed E-state index contributed by atoms with van der Waals surface area (Å²) in [4.78, 5) is 54.3. The van der Waals surface area contributed by atoms with Gasteiger partial charge in [0.1, 0.15) is 5.75 Å². The lowest BCUT2D eigenvalue weighted by atomic mass is 9.81. The molecule has 0 radical (unpaired) electrons. The van der Waals surface area contributed by atoms with Gasteiger partial charge in [0, 0.05) is 24.7 Å². The quantitative estimate of drug-likeness (QED) is 0.384. The number of ether oxygens (including phenoxy) is 1. The molecule has 0 spiro atoms. The van der Waals surface area contributed by atoms with Gasteiger partial charge >= 0.3 is 5.97 Å². The molecule has 0 bridgehead atoms. The Morgan fingerprint density at radius 3 is 2.38 bits per heavy atom. The van der Waals surface area contributed by atoms with Crippen LogP contribution < -0.4 is 14.5 Å². The molecule has 7 nitrogen and oxygen atoms in total. The Morgan fingerprint density at radius 2 is 1.68 bits per heavy atom. The van der Waals surface area contributed by atoms with Crippen LogP contribution in [0.3, 0.4) is 0 Å². The van der Waals surface area contributed by atoms with Gasteiger partial charge in [0.25, 0.3) is 0 Å². The third-order valence-corrected chi connectivity index (χ3v) is 7.26. The van der Waals surface area contributed by atoms with E-state index in [2.05, 4.69) is 0 Å². The monoisotopic (exact) mass is 460 g/mol. The molecule has 1 saturated carbocycles. The Labute approximate surface area is 198 Å². The van der Waals surface area contributed by atoms with Crippen LogP contribution in [0.25, 0.3) is 0 Å². The van der Waals surface area contributed by atoms with E-state index in [9.17, 15) is 19.2 Å². The standard InChI is InChI=1S/C27H28N2O5/c1-2-17-8-3-6-13-23(17)28-16-18(14-24(28)30)27(33)34-20-10-7-9-19(15-20)29-25(31)21-11-4-5-12-22(21)26(29)32/h3,6-10,13,15,18,21-22H,2,4-5,11-12,14,16H2,1H3/t18-,21-,22+/m1/s1. The SMILES string of the molecule is CCc1ccccc1N1C[C@H](C(=O)Oc2cccc(N3C(=O)[C@H]4CCCC[C@H]4C3=O)c2)CC1=O. The molecule has 2 heterocycles. The second kappa shape index (κ2) is 9.05. The van der Waals surface area contributed by atoms with E-state index in [1.807, 2.05) is 31.2 Å². The van der Waals surface area contributed by atoms with Crippen molar-refractivity contribution in [1.82, 2.24) is 0 Å². The zero-order chi connectivity index (χ0) is 23.8. The van der Waals surface area contributed by atoms with E-state index in [1.54, 1.807) is 29.2 Å². The number of amides is 3. The topological polar surface area (TPSA) is 84.0 Å². The summed E-state index contributed by atoms with van der Waals surface area (Å²) in [6.07, 6.45) is 4.29. The minimum Gasteiger partial charge on any atom is -0.426 e. The van der Waals surface area contributed by atoms with Crippen LogP contribution in [0.2, 0.25) is 0 Å². The first-order valence-corrected chi connectivity index (χ1v) is 12.1. The van der Waals surface area contributed by atoms with Gasteiger partial charge in [0.05, 0.1) is 23.4 Å². The van der Waals surface area contributed by atoms with E-state index in [-0.39, 0.29) is 48.3 Å². The molecule has 0 N–H and O–H groups in total. The fraction of sp³-hybridized carbons (Fsp3) is 0.407. The maximum Gasteiger partial charge on any atom is 0.316 e. The van der Waals surface area contributed by atoms with Gasteiger partial charge in [-0.3, -0.25) is 19.2 Å². The molecular formula is C27H28N2O5. The van der Waals surface area contributed by atoms with Gasteiger partial charge in [-0.15, -0.1) is 0 Å². The first kappa shape index (κ1) is 22.3. The fourth-order valence-corrected chi connectivity index (χ4v) is 5.47. The van der Waals surface area contributed by atoms with Gasteiger partial charge in [-0.25, -0.2) is 4.90 Å². The van der Waals surface area contributed by atoms with Crippen molar-refractivity contribution in [3.05, 3.63) is 54.1 Å². The predicted octanol–water partition coefficient (Wildman–Crippen LogP) is 3.89. The number of hydrogen-bond acceptors (Lipinski definition) is 5. The molecule has 7 heteroatoms. The number of aryl methyl sites for hydroxylation is 1. The number of esters is 1. The van der Waals surface area contributed by atoms with Crippen LogP contribution in [0.4, 0.5) is 11.4 Å². The predicted molar refractivity (Wildman–Crippen MR) is 126 cm³/mol. The summed E-state index contributed by atoms with van der Waals surface area (Å²) in [6, 6.07) is 14.2. The lowest BCUT2D eigenvalue weighted by Gasteiger charge is -2.20. The van der Waals surface area contributed by atoms with E-state index in [0.717, 1.165) is 43.4 Å². The normalized spacial score (nSPS) is 24.5. The van der Waals surface area contributed by atoms with Gasteiger partial charge < -0.3 is 9.64 Å². The van der Waals surface area contributed by atoms with Crippen LogP contribution in [0.15, 0.2) is 48.5 Å². The molecule has 5 rings (SSSR count). The summed E-state index contributed by atoms with van der Waals surface area (Å²) in [6.45, 7) is 2.30. The number of hydrogen-bond donors (Lipinski definition) is 0. The average Bonchev–Trinajstić information content (AvgIpc) is 3.36. The molecule has 2 aromatic rings. The second-order valence-electron chi connectivity index (χ2n) is 9.32. The van der Waals surface area contributed by atoms with Crippen LogP contribution in [-0.2, 0) is 25.6 Å². The lowest BCUT2D eigenvalue weighted by molar-refractivity contribution is -0.139. The number of benzene rings is 2. The highest BCUT2D eigenvalue weighted by Gasteiger charge is 2.48. The Hall–Kier alpha value is -3.48. The van der Waals surface area contributed by atoms with Crippen LogP contribution in [0.5, 0.6) is 5.75 Å². The van der Waals surface area contributed by atoms with Crippen molar-refractivity contribution < 1.29 is 23.9 Å². The largest absolute Gasteiger partial charge is 0.426 e. The van der Waals surface area contributed by atoms with Crippen molar-refractivity contribution in [2.45, 2.75) is 45.4 Å². The van der Waals surface area contributed by atoms with Gasteiger partial charge in [-0.05, 0) is 43.0 Å². The Balaban J connectivity index is 1.30. The summed E-state index contributed by atoms with van der Waals surface area (Å²) in [5, 5.41) is 0. The van der Waals surface area contributed by atoms with Gasteiger partial charge in [-0.2, -0.15) is 0 Å². The molecule has 176 valence electrons. The van der Waals surface area contributed by atoms with Crippen molar-refractivity contribution in [2.75, 3.05) is 16.3 Å². The molecule has 34 heavy (non-hydrogen) atoms. The summed E-state index contributed by atoms with van der Waals surface area (Å²) in [7, 11) is 0. The summed E-state index contributed by atoms with van der Waals surface area (Å²) >= 11 is 0. The minimum atomic E-state index is -0.584. The zero-order valence-corrected chi connectivity index (χ0v) is 19.2. The number of carbonyl (C=O) groups is 4. The van der Waals surface area contributed by atoms with Gasteiger partial charge in [-0.1, -0.05) is 44.0 Å².